The summed E-state index contributed by atoms with van der Waals surface area (Å²) in [6.07, 6.45) is 0. The van der Waals surface area contributed by atoms with Crippen LogP contribution in [0.1, 0.15) is 33.0 Å². The highest BCUT2D eigenvalue weighted by atomic mass is 16.6. The quantitative estimate of drug-likeness (QED) is 0.499. The third-order valence-corrected chi connectivity index (χ3v) is 5.57. The number of non-ortho nitro benzene ring substituents is 1. The first kappa shape index (κ1) is 17.8. The molecule has 9 heteroatoms. The highest BCUT2D eigenvalue weighted by Crippen LogP contribution is 2.47. The van der Waals surface area contributed by atoms with E-state index in [1.807, 2.05) is 0 Å². The zero-order valence-electron chi connectivity index (χ0n) is 15.6. The Labute approximate surface area is 168 Å². The van der Waals surface area contributed by atoms with E-state index in [9.17, 15) is 24.5 Å². The number of aromatic nitrogens is 2. The van der Waals surface area contributed by atoms with Crippen LogP contribution < -0.4 is 16.6 Å². The molecule has 0 unspecified atom stereocenters. The van der Waals surface area contributed by atoms with Crippen molar-refractivity contribution in [3.05, 3.63) is 107 Å². The van der Waals surface area contributed by atoms with Crippen LogP contribution in [0.25, 0.3) is 5.70 Å². The number of hydrogen-bond acceptors (Lipinski definition) is 6. The van der Waals surface area contributed by atoms with Gasteiger partial charge in [0.05, 0.1) is 16.2 Å². The van der Waals surface area contributed by atoms with Crippen molar-refractivity contribution in [3.63, 3.8) is 0 Å². The van der Waals surface area contributed by atoms with Crippen LogP contribution in [0.3, 0.4) is 0 Å². The lowest BCUT2D eigenvalue weighted by atomic mass is 9.81. The summed E-state index contributed by atoms with van der Waals surface area (Å²) in [6, 6.07) is 12.8. The monoisotopic (exact) mass is 402 g/mol. The molecule has 5 rings (SSSR count). The SMILES string of the molecule is Cn1c2c(c(=O)[nH]c1=O)[C@@H](c1ccc([N+](=O)[O-])cc1)C1=C(N2)c2ccccc2C1=O. The van der Waals surface area contributed by atoms with Gasteiger partial charge in [-0.15, -0.1) is 0 Å². The Balaban J connectivity index is 1.82. The van der Waals surface area contributed by atoms with E-state index >= 15 is 0 Å². The molecule has 30 heavy (non-hydrogen) atoms. The molecule has 0 bridgehead atoms. The second-order valence-corrected chi connectivity index (χ2v) is 7.15. The topological polar surface area (TPSA) is 127 Å². The second-order valence-electron chi connectivity index (χ2n) is 7.15. The summed E-state index contributed by atoms with van der Waals surface area (Å²) < 4.78 is 1.28. The summed E-state index contributed by atoms with van der Waals surface area (Å²) in [6.45, 7) is 0. The third-order valence-electron chi connectivity index (χ3n) is 5.57. The van der Waals surface area contributed by atoms with Gasteiger partial charge in [0.1, 0.15) is 5.82 Å². The van der Waals surface area contributed by atoms with E-state index in [0.29, 0.717) is 28.0 Å². The number of anilines is 1. The number of aromatic amines is 1. The molecule has 1 atom stereocenters. The molecular formula is C21H14N4O5. The summed E-state index contributed by atoms with van der Waals surface area (Å²) in [7, 11) is 1.52. The molecule has 0 fully saturated rings. The number of allylic oxidation sites excluding steroid dienone is 1. The first-order valence-electron chi connectivity index (χ1n) is 9.11. The Bertz CT molecular complexity index is 1410. The molecule has 2 heterocycles. The van der Waals surface area contributed by atoms with Crippen molar-refractivity contribution < 1.29 is 9.72 Å². The van der Waals surface area contributed by atoms with Crippen molar-refractivity contribution in [2.45, 2.75) is 5.92 Å². The Morgan fingerprint density at radius 2 is 1.67 bits per heavy atom. The minimum Gasteiger partial charge on any atom is -0.340 e. The molecule has 0 saturated heterocycles. The van der Waals surface area contributed by atoms with Crippen LogP contribution in [0.15, 0.2) is 63.7 Å². The summed E-state index contributed by atoms with van der Waals surface area (Å²) in [5.74, 6) is -0.724. The van der Waals surface area contributed by atoms with Gasteiger partial charge in [-0.3, -0.25) is 29.3 Å². The molecule has 1 aromatic heterocycles. The van der Waals surface area contributed by atoms with E-state index in [0.717, 1.165) is 0 Å². The molecule has 3 aromatic rings. The molecule has 0 spiro atoms. The van der Waals surface area contributed by atoms with Gasteiger partial charge in [0.2, 0.25) is 0 Å². The first-order valence-corrected chi connectivity index (χ1v) is 9.11. The Hall–Kier alpha value is -4.27. The van der Waals surface area contributed by atoms with Crippen LogP contribution >= 0.6 is 0 Å². The van der Waals surface area contributed by atoms with Gasteiger partial charge in [-0.2, -0.15) is 0 Å². The molecule has 0 amide bonds. The maximum absolute atomic E-state index is 13.3. The van der Waals surface area contributed by atoms with Crippen molar-refractivity contribution >= 4 is 23.0 Å². The maximum Gasteiger partial charge on any atom is 0.329 e. The number of fused-ring (bicyclic) bond motifs is 3. The number of nitro benzene ring substituents is 1. The number of ketones is 1. The minimum absolute atomic E-state index is 0.0995. The van der Waals surface area contributed by atoms with Crippen LogP contribution in [0.5, 0.6) is 0 Å². The molecule has 1 aliphatic carbocycles. The molecule has 2 N–H and O–H groups in total. The van der Waals surface area contributed by atoms with Gasteiger partial charge in [-0.05, 0) is 5.56 Å². The van der Waals surface area contributed by atoms with Gasteiger partial charge < -0.3 is 5.32 Å². The van der Waals surface area contributed by atoms with E-state index in [1.165, 1.54) is 35.9 Å². The summed E-state index contributed by atoms with van der Waals surface area (Å²) in [5.41, 5.74) is 1.55. The van der Waals surface area contributed by atoms with Crippen molar-refractivity contribution in [1.29, 1.82) is 0 Å². The van der Waals surface area contributed by atoms with Gasteiger partial charge in [-0.25, -0.2) is 4.79 Å². The van der Waals surface area contributed by atoms with E-state index in [-0.39, 0.29) is 22.9 Å². The van der Waals surface area contributed by atoms with Crippen molar-refractivity contribution in [2.24, 2.45) is 7.05 Å². The number of nitro groups is 1. The average molecular weight is 402 g/mol. The number of hydrogen-bond donors (Lipinski definition) is 2. The number of benzene rings is 2. The molecule has 0 radical (unpaired) electrons. The van der Waals surface area contributed by atoms with E-state index in [2.05, 4.69) is 10.3 Å². The van der Waals surface area contributed by atoms with Crippen LogP contribution in [0.2, 0.25) is 0 Å². The Kier molecular flexibility index (Phi) is 3.63. The lowest BCUT2D eigenvalue weighted by Gasteiger charge is -2.28. The lowest BCUT2D eigenvalue weighted by Crippen LogP contribution is -2.37. The van der Waals surface area contributed by atoms with Crippen LogP contribution in [-0.4, -0.2) is 20.3 Å². The largest absolute Gasteiger partial charge is 0.340 e. The van der Waals surface area contributed by atoms with Gasteiger partial charge >= 0.3 is 5.69 Å². The predicted octanol–water partition coefficient (Wildman–Crippen LogP) is 2.15. The van der Waals surface area contributed by atoms with E-state index in [4.69, 9.17) is 0 Å². The molecule has 2 aromatic carbocycles. The number of rotatable bonds is 2. The molecule has 148 valence electrons. The molecule has 0 saturated carbocycles. The normalized spacial score (nSPS) is 16.6. The molecule has 1 aliphatic heterocycles. The summed E-state index contributed by atoms with van der Waals surface area (Å²) >= 11 is 0. The first-order chi connectivity index (χ1) is 14.4. The van der Waals surface area contributed by atoms with Crippen LogP contribution in [-0.2, 0) is 7.05 Å². The van der Waals surface area contributed by atoms with Gasteiger partial charge in [0.15, 0.2) is 5.78 Å². The summed E-state index contributed by atoms with van der Waals surface area (Å²) in [4.78, 5) is 51.1. The molecular weight excluding hydrogens is 388 g/mol. The number of Topliss-reactive ketones (excluding diaryl/α,β-unsaturated/α-hetero) is 1. The molecule has 2 aliphatic rings. The fourth-order valence-corrected chi connectivity index (χ4v) is 4.15. The Morgan fingerprint density at radius 1 is 1.00 bits per heavy atom. The predicted molar refractivity (Wildman–Crippen MR) is 109 cm³/mol. The fourth-order valence-electron chi connectivity index (χ4n) is 4.15. The second kappa shape index (κ2) is 6.11. The van der Waals surface area contributed by atoms with Crippen molar-refractivity contribution in [1.82, 2.24) is 9.55 Å². The maximum atomic E-state index is 13.3. The van der Waals surface area contributed by atoms with Crippen molar-refractivity contribution in [3.8, 4) is 0 Å². The smallest absolute Gasteiger partial charge is 0.329 e. The number of nitrogens with one attached hydrogen (secondary N) is 2. The van der Waals surface area contributed by atoms with E-state index in [1.54, 1.807) is 24.3 Å². The number of nitrogens with zero attached hydrogens (tertiary/aromatic N) is 2. The highest BCUT2D eigenvalue weighted by Gasteiger charge is 2.42. The number of H-pyrrole nitrogens is 1. The zero-order valence-corrected chi connectivity index (χ0v) is 15.6. The van der Waals surface area contributed by atoms with Crippen LogP contribution in [0, 0.1) is 10.1 Å². The summed E-state index contributed by atoms with van der Waals surface area (Å²) in [5, 5.41) is 14.2. The standard InChI is InChI=1S/C21H14N4O5/c1-24-19-16(20(27)23-21(24)28)14(10-6-8-11(9-7-10)25(29)30)15-17(22-19)12-4-2-3-5-13(12)18(15)26/h2-9,14,22H,1H3,(H,23,27,28)/t14-/m0/s1. The highest BCUT2D eigenvalue weighted by molar-refractivity contribution is 6.23. The average Bonchev–Trinajstić information content (AvgIpc) is 3.03. The Morgan fingerprint density at radius 3 is 2.33 bits per heavy atom. The van der Waals surface area contributed by atoms with Crippen molar-refractivity contribution in [2.75, 3.05) is 5.32 Å². The van der Waals surface area contributed by atoms with Gasteiger partial charge in [-0.1, -0.05) is 36.4 Å². The molecule has 9 nitrogen and oxygen atoms in total. The van der Waals surface area contributed by atoms with Crippen LogP contribution in [0.4, 0.5) is 11.5 Å². The minimum atomic E-state index is -0.785. The lowest BCUT2D eigenvalue weighted by molar-refractivity contribution is -0.384. The fraction of sp³-hybridized carbons (Fsp3) is 0.0952. The zero-order chi connectivity index (χ0) is 21.2. The number of carbonyl (C=O) groups excluding carboxylic acids is 1. The van der Waals surface area contributed by atoms with Gasteiger partial charge in [0.25, 0.3) is 11.2 Å². The third kappa shape index (κ3) is 2.32. The van der Waals surface area contributed by atoms with Gasteiger partial charge in [0, 0.05) is 41.8 Å². The number of carbonyl (C=O) groups is 1. The van der Waals surface area contributed by atoms with E-state index < -0.39 is 22.1 Å².